The lowest BCUT2D eigenvalue weighted by molar-refractivity contribution is 0.0697. The first-order valence-corrected chi connectivity index (χ1v) is 8.77. The molecule has 1 aliphatic carbocycles. The van der Waals surface area contributed by atoms with Crippen LogP contribution in [0, 0.1) is 0 Å². The Hall–Kier alpha value is -3.54. The molecule has 0 spiro atoms. The quantitative estimate of drug-likeness (QED) is 0.739. The molecule has 6 heteroatoms. The highest BCUT2D eigenvalue weighted by Gasteiger charge is 2.24. The summed E-state index contributed by atoms with van der Waals surface area (Å²) in [5.41, 5.74) is 2.64. The Kier molecular flexibility index (Phi) is 4.39. The van der Waals surface area contributed by atoms with Crippen molar-refractivity contribution in [2.75, 3.05) is 14.2 Å². The summed E-state index contributed by atoms with van der Waals surface area (Å²) >= 11 is 0. The molecule has 0 fully saturated rings. The minimum absolute atomic E-state index is 0.0667. The maximum absolute atomic E-state index is 12.9. The van der Waals surface area contributed by atoms with Crippen molar-refractivity contribution in [2.45, 2.75) is 12.8 Å². The van der Waals surface area contributed by atoms with E-state index < -0.39 is 5.97 Å². The smallest absolute Gasteiger partial charge is 0.335 e. The average molecular weight is 378 g/mol. The van der Waals surface area contributed by atoms with Gasteiger partial charge in [-0.15, -0.1) is 0 Å². The second kappa shape index (κ2) is 6.88. The van der Waals surface area contributed by atoms with E-state index in [1.165, 1.54) is 18.2 Å². The molecule has 0 unspecified atom stereocenters. The third-order valence-electron chi connectivity index (χ3n) is 4.88. The molecule has 0 atom stereocenters. The summed E-state index contributed by atoms with van der Waals surface area (Å²) in [5, 5.41) is 9.45. The number of carbonyl (C=O) groups is 1. The molecule has 0 amide bonds. The van der Waals surface area contributed by atoms with Crippen LogP contribution >= 0.6 is 0 Å². The minimum atomic E-state index is -1.07. The van der Waals surface area contributed by atoms with Crippen molar-refractivity contribution >= 4 is 28.6 Å². The van der Waals surface area contributed by atoms with Crippen molar-refractivity contribution in [3.05, 3.63) is 69.1 Å². The van der Waals surface area contributed by atoms with Gasteiger partial charge in [0.1, 0.15) is 22.8 Å². The molecule has 1 heterocycles. The van der Waals surface area contributed by atoms with E-state index in [0.29, 0.717) is 46.6 Å². The van der Waals surface area contributed by atoms with E-state index in [4.69, 9.17) is 19.0 Å². The Morgan fingerprint density at radius 3 is 2.43 bits per heavy atom. The normalized spacial score (nSPS) is 14.3. The van der Waals surface area contributed by atoms with Crippen LogP contribution in [-0.4, -0.2) is 25.3 Å². The van der Waals surface area contributed by atoms with Crippen molar-refractivity contribution in [2.24, 2.45) is 0 Å². The first-order chi connectivity index (χ1) is 13.5. The third kappa shape index (κ3) is 3.03. The fourth-order valence-electron chi connectivity index (χ4n) is 3.48. The van der Waals surface area contributed by atoms with Gasteiger partial charge in [0.2, 0.25) is 0 Å². The van der Waals surface area contributed by atoms with Crippen LogP contribution in [0.2, 0.25) is 0 Å². The van der Waals surface area contributed by atoms with Crippen LogP contribution in [0.25, 0.3) is 22.6 Å². The van der Waals surface area contributed by atoms with Crippen molar-refractivity contribution in [3.8, 4) is 11.5 Å². The molecular weight excluding hydrogens is 360 g/mol. The van der Waals surface area contributed by atoms with E-state index in [1.807, 2.05) is 18.2 Å². The fourth-order valence-corrected chi connectivity index (χ4v) is 3.48. The molecule has 6 nitrogen and oxygen atoms in total. The first-order valence-electron chi connectivity index (χ1n) is 8.77. The number of ether oxygens (including phenoxy) is 2. The lowest BCUT2D eigenvalue weighted by Gasteiger charge is -2.07. The zero-order valence-electron chi connectivity index (χ0n) is 15.4. The van der Waals surface area contributed by atoms with E-state index in [1.54, 1.807) is 20.3 Å². The Bertz CT molecular complexity index is 1160. The van der Waals surface area contributed by atoms with Crippen molar-refractivity contribution in [1.82, 2.24) is 0 Å². The highest BCUT2D eigenvalue weighted by molar-refractivity contribution is 5.94. The van der Waals surface area contributed by atoms with Gasteiger partial charge in [-0.05, 0) is 60.4 Å². The van der Waals surface area contributed by atoms with Crippen LogP contribution in [0.1, 0.15) is 33.7 Å². The predicted molar refractivity (Wildman–Crippen MR) is 105 cm³/mol. The van der Waals surface area contributed by atoms with Gasteiger partial charge in [-0.2, -0.15) is 0 Å². The van der Waals surface area contributed by atoms with Crippen LogP contribution in [0.5, 0.6) is 11.5 Å². The molecule has 142 valence electrons. The molecule has 0 saturated heterocycles. The first kappa shape index (κ1) is 17.9. The molecule has 2 aromatic carbocycles. The minimum Gasteiger partial charge on any atom is -0.497 e. The average Bonchev–Trinajstić information content (AvgIpc) is 3.10. The van der Waals surface area contributed by atoms with Gasteiger partial charge in [0.05, 0.1) is 25.2 Å². The van der Waals surface area contributed by atoms with E-state index in [2.05, 4.69) is 0 Å². The molecule has 1 aliphatic rings. The number of methoxy groups -OCH3 is 2. The Balaban J connectivity index is 1.84. The summed E-state index contributed by atoms with van der Waals surface area (Å²) in [7, 11) is 3.18. The molecule has 0 radical (unpaired) electrons. The SMILES string of the molecule is COc1cc(/C=C2\CCc3c2oc2ccc(C(=O)O)cc2c3=O)cc(OC)c1. The predicted octanol–water partition coefficient (Wildman–Crippen LogP) is 4.00. The van der Waals surface area contributed by atoms with Gasteiger partial charge in [0.25, 0.3) is 0 Å². The fraction of sp³-hybridized carbons (Fsp3) is 0.182. The number of fused-ring (bicyclic) bond motifs is 2. The standard InChI is InChI=1S/C22H18O6/c1-26-15-8-12(9-16(11-15)27-2)7-13-3-5-17-20(23)18-10-14(22(24)25)4-6-19(18)28-21(13)17/h4,6-11H,3,5H2,1-2H3,(H,24,25)/b13-7+. The van der Waals surface area contributed by atoms with Gasteiger partial charge in [-0.25, -0.2) is 4.79 Å². The molecule has 4 rings (SSSR count). The number of allylic oxidation sites excluding steroid dienone is 1. The van der Waals surface area contributed by atoms with E-state index in [9.17, 15) is 9.59 Å². The van der Waals surface area contributed by atoms with Gasteiger partial charge < -0.3 is 19.0 Å². The summed E-state index contributed by atoms with van der Waals surface area (Å²) in [6.45, 7) is 0. The molecule has 0 bridgehead atoms. The van der Waals surface area contributed by atoms with Crippen molar-refractivity contribution in [3.63, 3.8) is 0 Å². The zero-order chi connectivity index (χ0) is 19.8. The Labute approximate surface area is 160 Å². The summed E-state index contributed by atoms with van der Waals surface area (Å²) in [6.07, 6.45) is 3.17. The van der Waals surface area contributed by atoms with Crippen LogP contribution in [0.4, 0.5) is 0 Å². The third-order valence-corrected chi connectivity index (χ3v) is 4.88. The van der Waals surface area contributed by atoms with Gasteiger partial charge in [-0.1, -0.05) is 0 Å². The van der Waals surface area contributed by atoms with Gasteiger partial charge in [-0.3, -0.25) is 4.79 Å². The molecule has 1 aromatic heterocycles. The Morgan fingerprint density at radius 1 is 1.07 bits per heavy atom. The maximum Gasteiger partial charge on any atom is 0.335 e. The lowest BCUT2D eigenvalue weighted by Crippen LogP contribution is -2.09. The molecule has 0 aliphatic heterocycles. The number of hydrogen-bond acceptors (Lipinski definition) is 5. The van der Waals surface area contributed by atoms with E-state index in [-0.39, 0.29) is 11.0 Å². The summed E-state index contributed by atoms with van der Waals surface area (Å²) < 4.78 is 16.6. The molecule has 28 heavy (non-hydrogen) atoms. The number of carboxylic acids is 1. The van der Waals surface area contributed by atoms with Crippen LogP contribution in [0.3, 0.4) is 0 Å². The Morgan fingerprint density at radius 2 is 1.79 bits per heavy atom. The van der Waals surface area contributed by atoms with E-state index >= 15 is 0 Å². The second-order valence-electron chi connectivity index (χ2n) is 6.57. The summed E-state index contributed by atoms with van der Waals surface area (Å²) in [6, 6.07) is 9.89. The number of benzene rings is 2. The number of aromatic carboxylic acids is 1. The highest BCUT2D eigenvalue weighted by atomic mass is 16.5. The van der Waals surface area contributed by atoms with Gasteiger partial charge >= 0.3 is 5.97 Å². The van der Waals surface area contributed by atoms with Crippen molar-refractivity contribution < 1.29 is 23.8 Å². The van der Waals surface area contributed by atoms with E-state index in [0.717, 1.165) is 11.1 Å². The van der Waals surface area contributed by atoms with Crippen LogP contribution in [-0.2, 0) is 6.42 Å². The largest absolute Gasteiger partial charge is 0.497 e. The highest BCUT2D eigenvalue weighted by Crippen LogP contribution is 2.35. The van der Waals surface area contributed by atoms with Crippen LogP contribution < -0.4 is 14.9 Å². The summed E-state index contributed by atoms with van der Waals surface area (Å²) in [4.78, 5) is 24.1. The molecule has 1 N–H and O–H groups in total. The topological polar surface area (TPSA) is 86.0 Å². The number of rotatable bonds is 4. The number of hydrogen-bond donors (Lipinski definition) is 1. The molecule has 0 saturated carbocycles. The van der Waals surface area contributed by atoms with Crippen molar-refractivity contribution in [1.29, 1.82) is 0 Å². The lowest BCUT2D eigenvalue weighted by atomic mass is 10.1. The maximum atomic E-state index is 12.9. The summed E-state index contributed by atoms with van der Waals surface area (Å²) in [5.74, 6) is 0.827. The second-order valence-corrected chi connectivity index (χ2v) is 6.57. The van der Waals surface area contributed by atoms with Gasteiger partial charge in [0, 0.05) is 11.6 Å². The molecule has 3 aromatic rings. The van der Waals surface area contributed by atoms with Gasteiger partial charge in [0.15, 0.2) is 5.43 Å². The van der Waals surface area contributed by atoms with Crippen LogP contribution in [0.15, 0.2) is 45.6 Å². The zero-order valence-corrected chi connectivity index (χ0v) is 15.4. The number of carboxylic acid groups (broad SMARTS) is 1. The monoisotopic (exact) mass is 378 g/mol. The molecular formula is C22H18O6.